The van der Waals surface area contributed by atoms with E-state index in [0.29, 0.717) is 0 Å². The Kier molecular flexibility index (Phi) is 5.16. The lowest BCUT2D eigenvalue weighted by Crippen LogP contribution is -2.20. The molecular weight excluding hydrogens is 364 g/mol. The number of hydrogen-bond acceptors (Lipinski definition) is 1. The van der Waals surface area contributed by atoms with Gasteiger partial charge in [0.25, 0.3) is 0 Å². The van der Waals surface area contributed by atoms with E-state index < -0.39 is 0 Å². The Hall–Kier alpha value is -2.02. The van der Waals surface area contributed by atoms with E-state index in [0.717, 1.165) is 12.2 Å². The van der Waals surface area contributed by atoms with Crippen molar-refractivity contribution in [1.82, 2.24) is 0 Å². The summed E-state index contributed by atoms with van der Waals surface area (Å²) in [7, 11) is 1.83. The normalized spacial score (nSPS) is 19.5. The van der Waals surface area contributed by atoms with Gasteiger partial charge in [-0.15, -0.1) is 0 Å². The Balaban J connectivity index is 2.05. The van der Waals surface area contributed by atoms with Crippen molar-refractivity contribution >= 4 is 5.57 Å². The van der Waals surface area contributed by atoms with Crippen molar-refractivity contribution in [3.63, 3.8) is 0 Å². The third-order valence-corrected chi connectivity index (χ3v) is 6.87. The van der Waals surface area contributed by atoms with E-state index in [-0.39, 0.29) is 10.8 Å². The van der Waals surface area contributed by atoms with E-state index in [1.54, 1.807) is 11.1 Å². The second-order valence-corrected chi connectivity index (χ2v) is 11.4. The average Bonchev–Trinajstić information content (AvgIpc) is 3.03. The smallest absolute Gasteiger partial charge is 0.126 e. The first-order valence-corrected chi connectivity index (χ1v) is 11.6. The van der Waals surface area contributed by atoms with Gasteiger partial charge in [-0.1, -0.05) is 64.8 Å². The highest BCUT2D eigenvalue weighted by atomic mass is 16.5. The fourth-order valence-electron chi connectivity index (χ4n) is 5.39. The van der Waals surface area contributed by atoms with Crippen molar-refractivity contribution in [1.29, 1.82) is 0 Å². The van der Waals surface area contributed by atoms with Gasteiger partial charge < -0.3 is 4.74 Å². The van der Waals surface area contributed by atoms with E-state index in [2.05, 4.69) is 72.8 Å². The predicted octanol–water partition coefficient (Wildman–Crippen LogP) is 8.20. The Labute approximate surface area is 183 Å². The maximum Gasteiger partial charge on any atom is 0.126 e. The standard InChI is InChI=1S/C29H38O/c1-18-13-20-15-19-11-9-10-12-22(19)26(23(20)14-18)21-16-24(28(2,3)4)27(30-8)25(17-21)29(5,6)7/h13-14,16-17H,9-12,15H2,1-8H3. The molecule has 1 aromatic rings. The number of fused-ring (bicyclic) bond motifs is 1. The summed E-state index contributed by atoms with van der Waals surface area (Å²) in [6, 6.07) is 4.86. The van der Waals surface area contributed by atoms with Gasteiger partial charge in [-0.2, -0.15) is 0 Å². The second-order valence-electron chi connectivity index (χ2n) is 11.4. The maximum absolute atomic E-state index is 6.03. The van der Waals surface area contributed by atoms with Gasteiger partial charge in [0.2, 0.25) is 0 Å². The number of benzene rings is 1. The zero-order valence-corrected chi connectivity index (χ0v) is 20.3. The summed E-state index contributed by atoms with van der Waals surface area (Å²) in [4.78, 5) is 0. The van der Waals surface area contributed by atoms with E-state index in [4.69, 9.17) is 4.74 Å². The number of allylic oxidation sites excluding steroid dienone is 8. The Morgan fingerprint density at radius 3 is 2.00 bits per heavy atom. The summed E-state index contributed by atoms with van der Waals surface area (Å²) in [5, 5.41) is 0. The van der Waals surface area contributed by atoms with Gasteiger partial charge >= 0.3 is 0 Å². The molecule has 0 aliphatic heterocycles. The van der Waals surface area contributed by atoms with E-state index in [1.165, 1.54) is 64.7 Å². The molecule has 0 bridgehead atoms. The minimum absolute atomic E-state index is 0.0190. The van der Waals surface area contributed by atoms with Crippen LogP contribution in [-0.4, -0.2) is 7.11 Å². The highest BCUT2D eigenvalue weighted by Crippen LogP contribution is 2.50. The first kappa shape index (κ1) is 21.2. The summed E-state index contributed by atoms with van der Waals surface area (Å²) in [6.07, 6.45) is 11.1. The van der Waals surface area contributed by atoms with E-state index in [9.17, 15) is 0 Å². The van der Waals surface area contributed by atoms with E-state index in [1.807, 2.05) is 7.11 Å². The van der Waals surface area contributed by atoms with Crippen molar-refractivity contribution in [3.8, 4) is 5.75 Å². The molecule has 0 amide bonds. The molecule has 0 unspecified atom stereocenters. The number of ether oxygens (including phenoxy) is 1. The van der Waals surface area contributed by atoms with Crippen LogP contribution in [0.5, 0.6) is 5.75 Å². The zero-order chi connectivity index (χ0) is 21.8. The molecular formula is C29H38O. The minimum Gasteiger partial charge on any atom is -0.496 e. The van der Waals surface area contributed by atoms with Gasteiger partial charge in [0.15, 0.2) is 0 Å². The van der Waals surface area contributed by atoms with E-state index >= 15 is 0 Å². The third-order valence-electron chi connectivity index (χ3n) is 6.87. The second kappa shape index (κ2) is 7.29. The van der Waals surface area contributed by atoms with Crippen molar-refractivity contribution in [2.75, 3.05) is 7.11 Å². The molecule has 0 aromatic heterocycles. The van der Waals surface area contributed by atoms with Crippen LogP contribution in [0.25, 0.3) is 5.57 Å². The zero-order valence-electron chi connectivity index (χ0n) is 20.3. The first-order valence-electron chi connectivity index (χ1n) is 11.6. The number of methoxy groups -OCH3 is 1. The van der Waals surface area contributed by atoms with Crippen LogP contribution in [0.2, 0.25) is 0 Å². The summed E-state index contributed by atoms with van der Waals surface area (Å²) < 4.78 is 6.03. The predicted molar refractivity (Wildman–Crippen MR) is 129 cm³/mol. The van der Waals surface area contributed by atoms with Gasteiger partial charge in [-0.3, -0.25) is 0 Å². The van der Waals surface area contributed by atoms with Crippen LogP contribution in [0.15, 0.2) is 52.2 Å². The molecule has 0 spiro atoms. The lowest BCUT2D eigenvalue weighted by Gasteiger charge is -2.33. The largest absolute Gasteiger partial charge is 0.496 e. The Bertz CT molecular complexity index is 974. The molecule has 4 rings (SSSR count). The van der Waals surface area contributed by atoms with Crippen LogP contribution < -0.4 is 4.74 Å². The van der Waals surface area contributed by atoms with Crippen molar-refractivity contribution < 1.29 is 4.74 Å². The highest BCUT2D eigenvalue weighted by Gasteiger charge is 2.32. The topological polar surface area (TPSA) is 9.23 Å². The van der Waals surface area contributed by atoms with Gasteiger partial charge in [0.05, 0.1) is 7.11 Å². The van der Waals surface area contributed by atoms with Gasteiger partial charge in [0.1, 0.15) is 5.75 Å². The molecule has 1 aromatic carbocycles. The first-order chi connectivity index (χ1) is 14.0. The lowest BCUT2D eigenvalue weighted by molar-refractivity contribution is 0.381. The molecule has 30 heavy (non-hydrogen) atoms. The molecule has 1 heteroatoms. The molecule has 0 saturated carbocycles. The molecule has 0 saturated heterocycles. The van der Waals surface area contributed by atoms with Crippen LogP contribution >= 0.6 is 0 Å². The molecule has 0 radical (unpaired) electrons. The molecule has 3 aliphatic rings. The molecule has 160 valence electrons. The monoisotopic (exact) mass is 402 g/mol. The molecule has 3 aliphatic carbocycles. The highest BCUT2D eigenvalue weighted by molar-refractivity contribution is 5.91. The maximum atomic E-state index is 6.03. The summed E-state index contributed by atoms with van der Waals surface area (Å²) in [6.45, 7) is 16.0. The Morgan fingerprint density at radius 1 is 0.833 bits per heavy atom. The molecule has 1 nitrogen and oxygen atoms in total. The van der Waals surface area contributed by atoms with Gasteiger partial charge in [0, 0.05) is 11.1 Å². The fraction of sp³-hybridized carbons (Fsp3) is 0.517. The third kappa shape index (κ3) is 3.61. The van der Waals surface area contributed by atoms with Crippen molar-refractivity contribution in [2.45, 2.75) is 91.4 Å². The van der Waals surface area contributed by atoms with Crippen LogP contribution in [0, 0.1) is 0 Å². The van der Waals surface area contributed by atoms with Gasteiger partial charge in [-0.05, 0) is 89.8 Å². The van der Waals surface area contributed by atoms with Crippen LogP contribution in [0.1, 0.15) is 97.3 Å². The molecule has 0 atom stereocenters. The van der Waals surface area contributed by atoms with Gasteiger partial charge in [-0.25, -0.2) is 0 Å². The molecule has 0 heterocycles. The number of hydrogen-bond donors (Lipinski definition) is 0. The summed E-state index contributed by atoms with van der Waals surface area (Å²) in [5.74, 6) is 1.06. The SMILES string of the molecule is COc1c(C(C)(C)C)cc(C2=C3C=C(C)C=C3CC3=C2CCCC3)cc1C(C)(C)C. The average molecular weight is 403 g/mol. The Morgan fingerprint density at radius 2 is 1.43 bits per heavy atom. The number of rotatable bonds is 2. The lowest BCUT2D eigenvalue weighted by atomic mass is 9.72. The van der Waals surface area contributed by atoms with Crippen LogP contribution in [-0.2, 0) is 10.8 Å². The van der Waals surface area contributed by atoms with Crippen molar-refractivity contribution in [3.05, 3.63) is 68.8 Å². The fourth-order valence-corrected chi connectivity index (χ4v) is 5.39. The summed E-state index contributed by atoms with van der Waals surface area (Å²) >= 11 is 0. The quantitative estimate of drug-likeness (QED) is 0.484. The molecule has 0 N–H and O–H groups in total. The molecule has 0 fully saturated rings. The summed E-state index contributed by atoms with van der Waals surface area (Å²) in [5.41, 5.74) is 13.2. The van der Waals surface area contributed by atoms with Crippen LogP contribution in [0.3, 0.4) is 0 Å². The minimum atomic E-state index is 0.0190. The van der Waals surface area contributed by atoms with Crippen molar-refractivity contribution in [2.24, 2.45) is 0 Å². The van der Waals surface area contributed by atoms with Crippen LogP contribution in [0.4, 0.5) is 0 Å².